The van der Waals surface area contributed by atoms with E-state index in [1.807, 2.05) is 12.2 Å². The quantitative estimate of drug-likeness (QED) is 0.445. The molecule has 0 bridgehead atoms. The van der Waals surface area contributed by atoms with Crippen molar-refractivity contribution < 1.29 is 19.8 Å². The minimum atomic E-state index is -0.748. The number of hydrogen-bond acceptors (Lipinski definition) is 2. The van der Waals surface area contributed by atoms with Gasteiger partial charge in [0.2, 0.25) is 0 Å². The van der Waals surface area contributed by atoms with Gasteiger partial charge in [-0.2, -0.15) is 0 Å². The zero-order valence-corrected chi connectivity index (χ0v) is 9.52. The van der Waals surface area contributed by atoms with Crippen molar-refractivity contribution in [2.75, 3.05) is 0 Å². The zero-order valence-electron chi connectivity index (χ0n) is 9.52. The number of carboxylic acids is 2. The third-order valence-electron chi connectivity index (χ3n) is 2.19. The van der Waals surface area contributed by atoms with Crippen LogP contribution in [0.15, 0.2) is 12.2 Å². The van der Waals surface area contributed by atoms with Crippen LogP contribution in [0.1, 0.15) is 51.4 Å². The summed E-state index contributed by atoms with van der Waals surface area (Å²) in [5.41, 5.74) is 0. The predicted octanol–water partition coefficient (Wildman–Crippen LogP) is 2.83. The topological polar surface area (TPSA) is 74.6 Å². The third-order valence-corrected chi connectivity index (χ3v) is 2.19. The molecule has 0 unspecified atom stereocenters. The van der Waals surface area contributed by atoms with E-state index in [1.54, 1.807) is 0 Å². The largest absolute Gasteiger partial charge is 0.481 e. The van der Waals surface area contributed by atoms with Crippen LogP contribution in [0.4, 0.5) is 0 Å². The van der Waals surface area contributed by atoms with E-state index in [2.05, 4.69) is 0 Å². The van der Waals surface area contributed by atoms with Crippen LogP contribution in [-0.2, 0) is 9.59 Å². The molecule has 0 aromatic heterocycles. The normalized spacial score (nSPS) is 10.8. The number of aliphatic carboxylic acids is 2. The van der Waals surface area contributed by atoms with Gasteiger partial charge in [0.15, 0.2) is 0 Å². The first-order valence-corrected chi connectivity index (χ1v) is 5.71. The number of hydrogen-bond donors (Lipinski definition) is 2. The Morgan fingerprint density at radius 3 is 1.81 bits per heavy atom. The average molecular weight is 228 g/mol. The molecular weight excluding hydrogens is 208 g/mol. The van der Waals surface area contributed by atoms with E-state index >= 15 is 0 Å². The molecule has 0 saturated heterocycles. The van der Waals surface area contributed by atoms with Crippen molar-refractivity contribution in [3.8, 4) is 0 Å². The minimum absolute atomic E-state index is 0.225. The molecule has 0 saturated carbocycles. The Kier molecular flexibility index (Phi) is 9.36. The maximum absolute atomic E-state index is 10.2. The molecule has 0 rings (SSSR count). The molecule has 0 fully saturated rings. The molecule has 16 heavy (non-hydrogen) atoms. The van der Waals surface area contributed by atoms with Gasteiger partial charge in [-0.15, -0.1) is 0 Å². The van der Waals surface area contributed by atoms with E-state index in [1.165, 1.54) is 0 Å². The first kappa shape index (κ1) is 14.7. The summed E-state index contributed by atoms with van der Waals surface area (Å²) in [6.07, 6.45) is 9.64. The second kappa shape index (κ2) is 10.2. The Bertz CT molecular complexity index is 233. The van der Waals surface area contributed by atoms with Crippen LogP contribution < -0.4 is 0 Å². The molecule has 0 amide bonds. The highest BCUT2D eigenvalue weighted by Gasteiger charge is 1.95. The van der Waals surface area contributed by atoms with Gasteiger partial charge < -0.3 is 10.2 Å². The molecule has 2 N–H and O–H groups in total. The molecule has 0 aromatic rings. The molecule has 0 spiro atoms. The van der Waals surface area contributed by atoms with Gasteiger partial charge in [0, 0.05) is 12.8 Å². The standard InChI is InChI=1S/C12H20O4/c13-11(14)9-7-5-3-1-2-4-6-8-10-12(15)16/h1,3H,2,4-10H2,(H,13,14)(H,15,16)/b3-1-. The molecule has 0 radical (unpaired) electrons. The Labute approximate surface area is 96.0 Å². The summed E-state index contributed by atoms with van der Waals surface area (Å²) in [6, 6.07) is 0. The van der Waals surface area contributed by atoms with Crippen LogP contribution in [0.3, 0.4) is 0 Å². The van der Waals surface area contributed by atoms with Gasteiger partial charge in [-0.1, -0.05) is 18.6 Å². The van der Waals surface area contributed by atoms with E-state index < -0.39 is 11.9 Å². The highest BCUT2D eigenvalue weighted by atomic mass is 16.4. The van der Waals surface area contributed by atoms with E-state index in [0.29, 0.717) is 6.42 Å². The second-order valence-corrected chi connectivity index (χ2v) is 3.75. The van der Waals surface area contributed by atoms with Crippen molar-refractivity contribution in [1.29, 1.82) is 0 Å². The van der Waals surface area contributed by atoms with Gasteiger partial charge >= 0.3 is 11.9 Å². The van der Waals surface area contributed by atoms with Gasteiger partial charge in [-0.25, -0.2) is 0 Å². The van der Waals surface area contributed by atoms with Crippen LogP contribution in [0.25, 0.3) is 0 Å². The van der Waals surface area contributed by atoms with Crippen molar-refractivity contribution in [3.05, 3.63) is 12.2 Å². The first-order chi connectivity index (χ1) is 7.63. The van der Waals surface area contributed by atoms with Crippen molar-refractivity contribution in [2.24, 2.45) is 0 Å². The Balaban J connectivity index is 3.15. The van der Waals surface area contributed by atoms with Crippen LogP contribution >= 0.6 is 0 Å². The lowest BCUT2D eigenvalue weighted by Gasteiger charge is -1.95. The maximum Gasteiger partial charge on any atom is 0.303 e. The maximum atomic E-state index is 10.2. The predicted molar refractivity (Wildman–Crippen MR) is 61.3 cm³/mol. The fourth-order valence-corrected chi connectivity index (χ4v) is 1.32. The number of carbonyl (C=O) groups is 2. The first-order valence-electron chi connectivity index (χ1n) is 5.71. The lowest BCUT2D eigenvalue weighted by atomic mass is 10.1. The SMILES string of the molecule is O=C(O)CCC/C=C\CCCCCC(=O)O. The summed E-state index contributed by atoms with van der Waals surface area (Å²) in [4.78, 5) is 20.4. The summed E-state index contributed by atoms with van der Waals surface area (Å²) >= 11 is 0. The molecule has 0 heterocycles. The van der Waals surface area contributed by atoms with Crippen LogP contribution in [0.5, 0.6) is 0 Å². The van der Waals surface area contributed by atoms with Gasteiger partial charge in [0.25, 0.3) is 0 Å². The molecule has 0 aromatic carbocycles. The second-order valence-electron chi connectivity index (χ2n) is 3.75. The number of unbranched alkanes of at least 4 members (excludes halogenated alkanes) is 4. The van der Waals surface area contributed by atoms with Gasteiger partial charge in [0.05, 0.1) is 0 Å². The van der Waals surface area contributed by atoms with Crippen molar-refractivity contribution >= 4 is 11.9 Å². The van der Waals surface area contributed by atoms with Crippen LogP contribution in [0, 0.1) is 0 Å². The molecule has 4 heteroatoms. The molecule has 0 aliphatic rings. The van der Waals surface area contributed by atoms with Crippen molar-refractivity contribution in [3.63, 3.8) is 0 Å². The summed E-state index contributed by atoms with van der Waals surface area (Å²) in [5.74, 6) is -1.48. The van der Waals surface area contributed by atoms with E-state index in [4.69, 9.17) is 10.2 Å². The fourth-order valence-electron chi connectivity index (χ4n) is 1.32. The molecular formula is C12H20O4. The van der Waals surface area contributed by atoms with Crippen LogP contribution in [-0.4, -0.2) is 22.2 Å². The zero-order chi connectivity index (χ0) is 12.2. The van der Waals surface area contributed by atoms with Gasteiger partial charge in [-0.3, -0.25) is 9.59 Å². The summed E-state index contributed by atoms with van der Waals surface area (Å²) in [5, 5.41) is 16.8. The molecule has 0 atom stereocenters. The summed E-state index contributed by atoms with van der Waals surface area (Å²) < 4.78 is 0. The molecule has 92 valence electrons. The molecule has 4 nitrogen and oxygen atoms in total. The van der Waals surface area contributed by atoms with E-state index in [0.717, 1.165) is 32.1 Å². The minimum Gasteiger partial charge on any atom is -0.481 e. The monoisotopic (exact) mass is 228 g/mol. The fraction of sp³-hybridized carbons (Fsp3) is 0.667. The smallest absolute Gasteiger partial charge is 0.303 e. The molecule has 0 aliphatic carbocycles. The van der Waals surface area contributed by atoms with Gasteiger partial charge in [0.1, 0.15) is 0 Å². The van der Waals surface area contributed by atoms with Gasteiger partial charge in [-0.05, 0) is 32.1 Å². The Hall–Kier alpha value is -1.32. The lowest BCUT2D eigenvalue weighted by molar-refractivity contribution is -0.138. The Morgan fingerprint density at radius 1 is 0.750 bits per heavy atom. The van der Waals surface area contributed by atoms with Crippen molar-refractivity contribution in [1.82, 2.24) is 0 Å². The highest BCUT2D eigenvalue weighted by molar-refractivity contribution is 5.66. The Morgan fingerprint density at radius 2 is 1.25 bits per heavy atom. The number of carboxylic acid groups (broad SMARTS) is 2. The third kappa shape index (κ3) is 12.7. The highest BCUT2D eigenvalue weighted by Crippen LogP contribution is 2.04. The number of allylic oxidation sites excluding steroid dienone is 2. The lowest BCUT2D eigenvalue weighted by Crippen LogP contribution is -1.93. The van der Waals surface area contributed by atoms with E-state index in [-0.39, 0.29) is 12.8 Å². The average Bonchev–Trinajstić information content (AvgIpc) is 2.20. The van der Waals surface area contributed by atoms with E-state index in [9.17, 15) is 9.59 Å². The van der Waals surface area contributed by atoms with Crippen LogP contribution in [0.2, 0.25) is 0 Å². The molecule has 0 aliphatic heterocycles. The summed E-state index contributed by atoms with van der Waals surface area (Å²) in [7, 11) is 0. The van der Waals surface area contributed by atoms with Crippen molar-refractivity contribution in [2.45, 2.75) is 51.4 Å². The summed E-state index contributed by atoms with van der Waals surface area (Å²) in [6.45, 7) is 0. The number of rotatable bonds is 10.